The molecule has 1 heterocycles. The smallest absolute Gasteiger partial charge is 0.161 e. The van der Waals surface area contributed by atoms with E-state index in [9.17, 15) is 0 Å². The van der Waals surface area contributed by atoms with Crippen LogP contribution in [-0.2, 0) is 13.0 Å². The van der Waals surface area contributed by atoms with Gasteiger partial charge in [-0.25, -0.2) is 0 Å². The lowest BCUT2D eigenvalue weighted by Crippen LogP contribution is -2.31. The summed E-state index contributed by atoms with van der Waals surface area (Å²) in [7, 11) is 1.64. The number of aromatic nitrogens is 2. The number of ether oxygens (including phenoxy) is 1. The van der Waals surface area contributed by atoms with Crippen molar-refractivity contribution in [2.75, 3.05) is 7.11 Å². The molecule has 0 spiro atoms. The van der Waals surface area contributed by atoms with Gasteiger partial charge in [0.25, 0.3) is 0 Å². The largest absolute Gasteiger partial charge is 0.493 e. The van der Waals surface area contributed by atoms with Gasteiger partial charge in [0, 0.05) is 11.6 Å². The van der Waals surface area contributed by atoms with Gasteiger partial charge in [0.2, 0.25) is 0 Å². The first-order valence-electron chi connectivity index (χ1n) is 6.99. The second kappa shape index (κ2) is 7.45. The van der Waals surface area contributed by atoms with Gasteiger partial charge in [-0.15, -0.1) is 0 Å². The molecule has 0 saturated carbocycles. The molecule has 0 aliphatic heterocycles. The van der Waals surface area contributed by atoms with E-state index < -0.39 is 0 Å². The molecule has 0 aliphatic rings. The molecule has 5 nitrogen and oxygen atoms in total. The topological polar surface area (TPSA) is 65.1 Å². The third-order valence-electron chi connectivity index (χ3n) is 3.36. The maximum absolute atomic E-state index is 6.04. The molecule has 1 aromatic heterocycles. The molecule has 1 aromatic carbocycles. The standard InChI is InChI=1S/C15H21ClN4O/c1-3-7-20-15(14(21-2)10-18-20)13(19-17)9-11-5-4-6-12(16)8-11/h4-6,8,10,13,19H,3,7,9,17H2,1-2H3. The molecule has 0 bridgehead atoms. The molecule has 3 N–H and O–H groups in total. The summed E-state index contributed by atoms with van der Waals surface area (Å²) in [6.45, 7) is 2.94. The van der Waals surface area contributed by atoms with Gasteiger partial charge in [0.1, 0.15) is 0 Å². The highest BCUT2D eigenvalue weighted by Crippen LogP contribution is 2.28. The molecule has 0 fully saturated rings. The number of hydrogen-bond acceptors (Lipinski definition) is 4. The molecule has 0 aliphatic carbocycles. The van der Waals surface area contributed by atoms with Crippen molar-refractivity contribution in [1.29, 1.82) is 0 Å². The number of nitrogens with one attached hydrogen (secondary N) is 1. The van der Waals surface area contributed by atoms with Gasteiger partial charge in [0.05, 0.1) is 25.0 Å². The summed E-state index contributed by atoms with van der Waals surface area (Å²) in [5.74, 6) is 6.50. The highest BCUT2D eigenvalue weighted by atomic mass is 35.5. The maximum Gasteiger partial charge on any atom is 0.161 e. The molecule has 21 heavy (non-hydrogen) atoms. The second-order valence-corrected chi connectivity index (χ2v) is 5.31. The van der Waals surface area contributed by atoms with Crippen LogP contribution < -0.4 is 16.0 Å². The Hall–Kier alpha value is -1.56. The summed E-state index contributed by atoms with van der Waals surface area (Å²) in [4.78, 5) is 0. The van der Waals surface area contributed by atoms with Crippen molar-refractivity contribution in [2.45, 2.75) is 32.4 Å². The second-order valence-electron chi connectivity index (χ2n) is 4.87. The zero-order valence-electron chi connectivity index (χ0n) is 12.3. The molecule has 0 radical (unpaired) electrons. The third-order valence-corrected chi connectivity index (χ3v) is 3.60. The van der Waals surface area contributed by atoms with E-state index in [1.807, 2.05) is 28.9 Å². The van der Waals surface area contributed by atoms with Crippen LogP contribution in [0.25, 0.3) is 0 Å². The molecule has 0 amide bonds. The fraction of sp³-hybridized carbons (Fsp3) is 0.400. The number of halogens is 1. The monoisotopic (exact) mass is 308 g/mol. The fourth-order valence-corrected chi connectivity index (χ4v) is 2.62. The summed E-state index contributed by atoms with van der Waals surface area (Å²) >= 11 is 6.04. The Kier molecular flexibility index (Phi) is 5.61. The molecule has 6 heteroatoms. The van der Waals surface area contributed by atoms with Gasteiger partial charge in [0.15, 0.2) is 5.75 Å². The normalized spacial score (nSPS) is 12.4. The van der Waals surface area contributed by atoms with E-state index in [0.717, 1.165) is 35.0 Å². The lowest BCUT2D eigenvalue weighted by atomic mass is 10.0. The number of hydrogen-bond donors (Lipinski definition) is 2. The molecule has 2 rings (SSSR count). The zero-order chi connectivity index (χ0) is 15.2. The minimum atomic E-state index is -0.0903. The minimum absolute atomic E-state index is 0.0903. The number of aryl methyl sites for hydroxylation is 1. The first-order valence-corrected chi connectivity index (χ1v) is 7.37. The van der Waals surface area contributed by atoms with E-state index in [2.05, 4.69) is 17.4 Å². The van der Waals surface area contributed by atoms with Crippen LogP contribution in [0.1, 0.15) is 30.6 Å². The fourth-order valence-electron chi connectivity index (χ4n) is 2.41. The highest BCUT2D eigenvalue weighted by Gasteiger charge is 2.21. The Balaban J connectivity index is 2.30. The van der Waals surface area contributed by atoms with Gasteiger partial charge < -0.3 is 4.74 Å². The van der Waals surface area contributed by atoms with Crippen LogP contribution in [-0.4, -0.2) is 16.9 Å². The number of nitrogens with zero attached hydrogens (tertiary/aromatic N) is 2. The molecule has 114 valence electrons. The predicted octanol–water partition coefficient (Wildman–Crippen LogP) is 2.70. The van der Waals surface area contributed by atoms with Gasteiger partial charge in [-0.2, -0.15) is 5.10 Å². The maximum atomic E-state index is 6.04. The van der Waals surface area contributed by atoms with E-state index >= 15 is 0 Å². The van der Waals surface area contributed by atoms with Crippen LogP contribution in [0.5, 0.6) is 5.75 Å². The van der Waals surface area contributed by atoms with Crippen LogP contribution in [0.2, 0.25) is 5.02 Å². The van der Waals surface area contributed by atoms with Crippen LogP contribution in [0, 0.1) is 0 Å². The molecule has 1 atom stereocenters. The molecule has 1 unspecified atom stereocenters. The number of methoxy groups -OCH3 is 1. The predicted molar refractivity (Wildman–Crippen MR) is 84.3 cm³/mol. The van der Waals surface area contributed by atoms with E-state index in [1.165, 1.54) is 0 Å². The molecular formula is C15H21ClN4O. The average Bonchev–Trinajstić information content (AvgIpc) is 2.88. The number of benzene rings is 1. The summed E-state index contributed by atoms with van der Waals surface area (Å²) in [6.07, 6.45) is 3.43. The average molecular weight is 309 g/mol. The Labute approximate surface area is 130 Å². The van der Waals surface area contributed by atoms with Crippen LogP contribution in [0.4, 0.5) is 0 Å². The van der Waals surface area contributed by atoms with E-state index in [-0.39, 0.29) is 6.04 Å². The Morgan fingerprint density at radius 2 is 2.29 bits per heavy atom. The molecular weight excluding hydrogens is 288 g/mol. The number of nitrogens with two attached hydrogens (primary N) is 1. The summed E-state index contributed by atoms with van der Waals surface area (Å²) < 4.78 is 7.35. The van der Waals surface area contributed by atoms with Crippen molar-refractivity contribution < 1.29 is 4.74 Å². The first-order chi connectivity index (χ1) is 10.2. The van der Waals surface area contributed by atoms with Crippen molar-refractivity contribution in [1.82, 2.24) is 15.2 Å². The van der Waals surface area contributed by atoms with Crippen molar-refractivity contribution in [2.24, 2.45) is 5.84 Å². The highest BCUT2D eigenvalue weighted by molar-refractivity contribution is 6.30. The van der Waals surface area contributed by atoms with Crippen molar-refractivity contribution in [3.05, 3.63) is 46.7 Å². The lowest BCUT2D eigenvalue weighted by molar-refractivity contribution is 0.389. The van der Waals surface area contributed by atoms with Crippen molar-refractivity contribution >= 4 is 11.6 Å². The molecule has 2 aromatic rings. The van der Waals surface area contributed by atoms with Crippen LogP contribution in [0.15, 0.2) is 30.5 Å². The Bertz CT molecular complexity index is 585. The first kappa shape index (κ1) is 15.8. The van der Waals surface area contributed by atoms with E-state index in [4.69, 9.17) is 22.2 Å². The number of rotatable bonds is 7. The Morgan fingerprint density at radius 3 is 2.90 bits per heavy atom. The van der Waals surface area contributed by atoms with Crippen LogP contribution in [0.3, 0.4) is 0 Å². The van der Waals surface area contributed by atoms with E-state index in [0.29, 0.717) is 6.42 Å². The summed E-state index contributed by atoms with van der Waals surface area (Å²) in [5, 5.41) is 5.09. The summed E-state index contributed by atoms with van der Waals surface area (Å²) in [5.41, 5.74) is 4.93. The van der Waals surface area contributed by atoms with Crippen molar-refractivity contribution in [3.63, 3.8) is 0 Å². The van der Waals surface area contributed by atoms with Gasteiger partial charge in [-0.1, -0.05) is 30.7 Å². The molecule has 0 saturated heterocycles. The van der Waals surface area contributed by atoms with Crippen molar-refractivity contribution in [3.8, 4) is 5.75 Å². The van der Waals surface area contributed by atoms with Gasteiger partial charge in [-0.05, 0) is 30.5 Å². The number of hydrazine groups is 1. The third kappa shape index (κ3) is 3.75. The van der Waals surface area contributed by atoms with Crippen LogP contribution >= 0.6 is 11.6 Å². The lowest BCUT2D eigenvalue weighted by Gasteiger charge is -2.19. The van der Waals surface area contributed by atoms with Gasteiger partial charge >= 0.3 is 0 Å². The zero-order valence-corrected chi connectivity index (χ0v) is 13.1. The quantitative estimate of drug-likeness (QED) is 0.610. The minimum Gasteiger partial charge on any atom is -0.493 e. The summed E-state index contributed by atoms with van der Waals surface area (Å²) in [6, 6.07) is 7.68. The van der Waals surface area contributed by atoms with Gasteiger partial charge in [-0.3, -0.25) is 16.0 Å². The van der Waals surface area contributed by atoms with E-state index in [1.54, 1.807) is 13.3 Å². The Morgan fingerprint density at radius 1 is 1.48 bits per heavy atom. The SMILES string of the molecule is CCCn1ncc(OC)c1C(Cc1cccc(Cl)c1)NN.